The summed E-state index contributed by atoms with van der Waals surface area (Å²) in [5.74, 6) is 0. The summed E-state index contributed by atoms with van der Waals surface area (Å²) >= 11 is 5.85. The van der Waals surface area contributed by atoms with Gasteiger partial charge >= 0.3 is 0 Å². The van der Waals surface area contributed by atoms with Crippen LogP contribution in [0.1, 0.15) is 5.56 Å². The van der Waals surface area contributed by atoms with E-state index in [9.17, 15) is 8.42 Å². The molecule has 0 aliphatic carbocycles. The summed E-state index contributed by atoms with van der Waals surface area (Å²) in [6, 6.07) is 8.18. The second kappa shape index (κ2) is 6.21. The Bertz CT molecular complexity index is 687. The number of sulfonamides is 1. The zero-order valence-corrected chi connectivity index (χ0v) is 12.0. The Hall–Kier alpha value is -1.63. The second-order valence-corrected chi connectivity index (χ2v) is 6.14. The van der Waals surface area contributed by atoms with Crippen LogP contribution in [0.25, 0.3) is 0 Å². The van der Waals surface area contributed by atoms with Crippen LogP contribution in [0.2, 0.25) is 5.02 Å². The maximum absolute atomic E-state index is 12.2. The van der Waals surface area contributed by atoms with Crippen molar-refractivity contribution >= 4 is 27.3 Å². The maximum atomic E-state index is 12.2. The molecule has 0 aliphatic heterocycles. The number of nitrogens with zero attached hydrogens (tertiary/aromatic N) is 1. The lowest BCUT2D eigenvalue weighted by molar-refractivity contribution is 0.299. The first-order chi connectivity index (χ1) is 9.53. The Morgan fingerprint density at radius 1 is 1.20 bits per heavy atom. The van der Waals surface area contributed by atoms with Crippen LogP contribution in [0, 0.1) is 0 Å². The number of pyridine rings is 1. The molecule has 2 rings (SSSR count). The van der Waals surface area contributed by atoms with Crippen molar-refractivity contribution in [1.82, 2.24) is 4.98 Å². The van der Waals surface area contributed by atoms with E-state index in [1.807, 2.05) is 0 Å². The van der Waals surface area contributed by atoms with Crippen LogP contribution in [0.4, 0.5) is 5.69 Å². The lowest BCUT2D eigenvalue weighted by Crippen LogP contribution is -2.13. The summed E-state index contributed by atoms with van der Waals surface area (Å²) in [6.07, 6.45) is 3.15. The van der Waals surface area contributed by atoms with E-state index in [1.54, 1.807) is 24.3 Å². The van der Waals surface area contributed by atoms with Crippen LogP contribution in [-0.4, -0.2) is 25.1 Å². The molecule has 1 aromatic carbocycles. The lowest BCUT2D eigenvalue weighted by atomic mass is 10.1. The van der Waals surface area contributed by atoms with E-state index in [0.29, 0.717) is 12.1 Å². The van der Waals surface area contributed by atoms with E-state index in [2.05, 4.69) is 9.71 Å². The van der Waals surface area contributed by atoms with Crippen LogP contribution in [0.3, 0.4) is 0 Å². The Labute approximate surface area is 122 Å². The molecule has 1 aromatic heterocycles. The predicted octanol–water partition coefficient (Wildman–Crippen LogP) is 2.07. The van der Waals surface area contributed by atoms with Crippen molar-refractivity contribution in [3.63, 3.8) is 0 Å². The molecule has 0 saturated heterocycles. The standard InChI is InChI=1S/C13H13ClN2O3S/c14-12-5-7-15-9-13(12)20(18,19)16-11-3-1-10(2-4-11)6-8-17/h1-5,7,9,16-17H,6,8H2. The number of aliphatic hydroxyl groups is 1. The number of hydrogen-bond acceptors (Lipinski definition) is 4. The molecule has 20 heavy (non-hydrogen) atoms. The van der Waals surface area contributed by atoms with Crippen molar-refractivity contribution in [2.75, 3.05) is 11.3 Å². The van der Waals surface area contributed by atoms with Gasteiger partial charge in [-0.3, -0.25) is 9.71 Å². The fraction of sp³-hybridized carbons (Fsp3) is 0.154. The van der Waals surface area contributed by atoms with E-state index in [0.717, 1.165) is 5.56 Å². The summed E-state index contributed by atoms with van der Waals surface area (Å²) < 4.78 is 26.7. The molecule has 0 unspecified atom stereocenters. The van der Waals surface area contributed by atoms with E-state index in [4.69, 9.17) is 16.7 Å². The first-order valence-corrected chi connectivity index (χ1v) is 7.71. The number of benzene rings is 1. The fourth-order valence-corrected chi connectivity index (χ4v) is 3.13. The number of aromatic nitrogens is 1. The molecule has 7 heteroatoms. The van der Waals surface area contributed by atoms with Crippen LogP contribution < -0.4 is 4.72 Å². The summed E-state index contributed by atoms with van der Waals surface area (Å²) in [5, 5.41) is 8.94. The molecule has 106 valence electrons. The summed E-state index contributed by atoms with van der Waals surface area (Å²) in [7, 11) is -3.76. The normalized spacial score (nSPS) is 11.3. The van der Waals surface area contributed by atoms with Gasteiger partial charge in [0.2, 0.25) is 0 Å². The number of aliphatic hydroxyl groups excluding tert-OH is 1. The minimum Gasteiger partial charge on any atom is -0.396 e. The van der Waals surface area contributed by atoms with Crippen molar-refractivity contribution in [3.8, 4) is 0 Å². The van der Waals surface area contributed by atoms with Gasteiger partial charge in [-0.1, -0.05) is 23.7 Å². The average molecular weight is 313 g/mol. The van der Waals surface area contributed by atoms with Gasteiger partial charge in [0.05, 0.1) is 5.02 Å². The molecular weight excluding hydrogens is 300 g/mol. The summed E-state index contributed by atoms with van der Waals surface area (Å²) in [4.78, 5) is 3.69. The first-order valence-electron chi connectivity index (χ1n) is 5.85. The Morgan fingerprint density at radius 3 is 2.50 bits per heavy atom. The van der Waals surface area contributed by atoms with E-state index < -0.39 is 10.0 Å². The summed E-state index contributed by atoms with van der Waals surface area (Å²) in [5.41, 5.74) is 1.35. The predicted molar refractivity (Wildman–Crippen MR) is 77.3 cm³/mol. The largest absolute Gasteiger partial charge is 0.396 e. The molecule has 0 amide bonds. The van der Waals surface area contributed by atoms with E-state index in [-0.39, 0.29) is 16.5 Å². The molecule has 0 spiro atoms. The minimum atomic E-state index is -3.76. The number of hydrogen-bond donors (Lipinski definition) is 2. The quantitative estimate of drug-likeness (QED) is 0.886. The van der Waals surface area contributed by atoms with Crippen molar-refractivity contribution in [2.45, 2.75) is 11.3 Å². The van der Waals surface area contributed by atoms with Crippen LogP contribution >= 0.6 is 11.6 Å². The number of rotatable bonds is 5. The van der Waals surface area contributed by atoms with Gasteiger partial charge in [-0.25, -0.2) is 8.42 Å². The molecule has 0 radical (unpaired) electrons. The monoisotopic (exact) mass is 312 g/mol. The average Bonchev–Trinajstić information content (AvgIpc) is 2.41. The molecule has 5 nitrogen and oxygen atoms in total. The van der Waals surface area contributed by atoms with Crippen molar-refractivity contribution < 1.29 is 13.5 Å². The topological polar surface area (TPSA) is 79.3 Å². The van der Waals surface area contributed by atoms with Gasteiger partial charge < -0.3 is 5.11 Å². The van der Waals surface area contributed by atoms with E-state index >= 15 is 0 Å². The molecule has 0 atom stereocenters. The number of nitrogens with one attached hydrogen (secondary N) is 1. The molecule has 2 aromatic rings. The van der Waals surface area contributed by atoms with Gasteiger partial charge in [0.15, 0.2) is 0 Å². The Kier molecular flexibility index (Phi) is 4.59. The maximum Gasteiger partial charge on any atom is 0.264 e. The highest BCUT2D eigenvalue weighted by Crippen LogP contribution is 2.22. The molecule has 1 heterocycles. The molecule has 0 fully saturated rings. The van der Waals surface area contributed by atoms with Crippen LogP contribution in [0.5, 0.6) is 0 Å². The third-order valence-corrected chi connectivity index (χ3v) is 4.48. The third kappa shape index (κ3) is 3.47. The molecule has 0 bridgehead atoms. The molecular formula is C13H13ClN2O3S. The zero-order chi connectivity index (χ0) is 14.6. The molecule has 2 N–H and O–H groups in total. The van der Waals surface area contributed by atoms with Gasteiger partial charge in [0, 0.05) is 24.7 Å². The number of anilines is 1. The van der Waals surface area contributed by atoms with Crippen LogP contribution in [-0.2, 0) is 16.4 Å². The van der Waals surface area contributed by atoms with Crippen LogP contribution in [0.15, 0.2) is 47.6 Å². The van der Waals surface area contributed by atoms with Gasteiger partial charge in [0.1, 0.15) is 4.90 Å². The summed E-state index contributed by atoms with van der Waals surface area (Å²) in [6.45, 7) is 0.0520. The van der Waals surface area contributed by atoms with E-state index in [1.165, 1.54) is 18.5 Å². The highest BCUT2D eigenvalue weighted by molar-refractivity contribution is 7.92. The van der Waals surface area contributed by atoms with Gasteiger partial charge in [-0.05, 0) is 30.2 Å². The van der Waals surface area contributed by atoms with Gasteiger partial charge in [-0.15, -0.1) is 0 Å². The van der Waals surface area contributed by atoms with Gasteiger partial charge in [0.25, 0.3) is 10.0 Å². The highest BCUT2D eigenvalue weighted by atomic mass is 35.5. The molecule has 0 saturated carbocycles. The highest BCUT2D eigenvalue weighted by Gasteiger charge is 2.17. The van der Waals surface area contributed by atoms with Crippen molar-refractivity contribution in [3.05, 3.63) is 53.3 Å². The number of halogens is 1. The fourth-order valence-electron chi connectivity index (χ4n) is 1.64. The first kappa shape index (κ1) is 14.8. The molecule has 0 aliphatic rings. The SMILES string of the molecule is O=S(=O)(Nc1ccc(CCO)cc1)c1cnccc1Cl. The van der Waals surface area contributed by atoms with Crippen molar-refractivity contribution in [2.24, 2.45) is 0 Å². The zero-order valence-electron chi connectivity index (χ0n) is 10.5. The third-order valence-electron chi connectivity index (χ3n) is 2.63. The smallest absolute Gasteiger partial charge is 0.264 e. The Balaban J connectivity index is 2.22. The second-order valence-electron chi connectivity index (χ2n) is 4.08. The minimum absolute atomic E-state index is 0.0520. The van der Waals surface area contributed by atoms with Crippen molar-refractivity contribution in [1.29, 1.82) is 0 Å². The Morgan fingerprint density at radius 2 is 1.90 bits per heavy atom. The lowest BCUT2D eigenvalue weighted by Gasteiger charge is -2.09. The van der Waals surface area contributed by atoms with Gasteiger partial charge in [-0.2, -0.15) is 0 Å².